The molecule has 1 aromatic carbocycles. The number of aryl methyl sites for hydroxylation is 1. The molecule has 0 aliphatic carbocycles. The lowest BCUT2D eigenvalue weighted by atomic mass is 10.0. The van der Waals surface area contributed by atoms with Crippen molar-refractivity contribution in [3.63, 3.8) is 0 Å². The van der Waals surface area contributed by atoms with Crippen molar-refractivity contribution in [2.75, 3.05) is 44.8 Å². The Labute approximate surface area is 232 Å². The van der Waals surface area contributed by atoms with Crippen molar-refractivity contribution in [1.82, 2.24) is 25.2 Å². The number of ether oxygens (including phenoxy) is 2. The molecule has 0 spiro atoms. The summed E-state index contributed by atoms with van der Waals surface area (Å²) in [5.41, 5.74) is 1.51. The summed E-state index contributed by atoms with van der Waals surface area (Å²) in [4.78, 5) is 42.3. The number of amides is 2. The van der Waals surface area contributed by atoms with Crippen LogP contribution in [-0.2, 0) is 15.7 Å². The standard InChI is InChI=1S/C26H27F3N6O4S/c1-14-8-30-24(40-14)19-6-16(23(37)33-15(2)17-9-31-25(32-10-17)26(27,28)29)7-20-22(19)39-13-21(36)35(20)12-18-11-34(3)4-5-38-18/h6-10,15,18H,4-5,11-13H2,1-3H3,(H,33,37)/t15-,18?/m1/s1. The number of rotatable bonds is 6. The molecule has 2 aliphatic rings. The van der Waals surface area contributed by atoms with Crippen molar-refractivity contribution >= 4 is 28.8 Å². The second kappa shape index (κ2) is 11.1. The first-order chi connectivity index (χ1) is 19.0. The van der Waals surface area contributed by atoms with Gasteiger partial charge in [0.2, 0.25) is 5.82 Å². The lowest BCUT2D eigenvalue weighted by molar-refractivity contribution is -0.145. The van der Waals surface area contributed by atoms with Crippen LogP contribution in [0.2, 0.25) is 0 Å². The number of halogens is 3. The second-order valence-corrected chi connectivity index (χ2v) is 11.0. The van der Waals surface area contributed by atoms with Crippen molar-refractivity contribution in [2.24, 2.45) is 0 Å². The molecule has 14 heteroatoms. The van der Waals surface area contributed by atoms with E-state index in [-0.39, 0.29) is 30.7 Å². The van der Waals surface area contributed by atoms with Crippen molar-refractivity contribution in [2.45, 2.75) is 32.2 Å². The van der Waals surface area contributed by atoms with E-state index in [0.29, 0.717) is 40.7 Å². The highest BCUT2D eigenvalue weighted by molar-refractivity contribution is 7.15. The van der Waals surface area contributed by atoms with Crippen LogP contribution in [0.5, 0.6) is 5.75 Å². The summed E-state index contributed by atoms with van der Waals surface area (Å²) in [6.07, 6.45) is -1.11. The van der Waals surface area contributed by atoms with Gasteiger partial charge in [0.25, 0.3) is 11.8 Å². The third-order valence-electron chi connectivity index (χ3n) is 6.62. The number of aromatic nitrogens is 3. The molecule has 4 heterocycles. The van der Waals surface area contributed by atoms with Crippen LogP contribution in [0, 0.1) is 6.92 Å². The van der Waals surface area contributed by atoms with E-state index < -0.39 is 23.9 Å². The number of hydrogen-bond donors (Lipinski definition) is 1. The number of likely N-dealkylation sites (N-methyl/N-ethyl adjacent to an activating group) is 1. The summed E-state index contributed by atoms with van der Waals surface area (Å²) in [6.45, 7) is 5.62. The van der Waals surface area contributed by atoms with Crippen molar-refractivity contribution in [1.29, 1.82) is 0 Å². The number of hydrogen-bond acceptors (Lipinski definition) is 9. The highest BCUT2D eigenvalue weighted by Gasteiger charge is 2.35. The predicted molar refractivity (Wildman–Crippen MR) is 140 cm³/mol. The Morgan fingerprint density at radius 3 is 2.62 bits per heavy atom. The molecule has 212 valence electrons. The maximum Gasteiger partial charge on any atom is 0.451 e. The molecule has 10 nitrogen and oxygen atoms in total. The number of thiazole rings is 1. The minimum Gasteiger partial charge on any atom is -0.481 e. The number of alkyl halides is 3. The summed E-state index contributed by atoms with van der Waals surface area (Å²) < 4.78 is 50.3. The van der Waals surface area contributed by atoms with Gasteiger partial charge in [-0.25, -0.2) is 15.0 Å². The highest BCUT2D eigenvalue weighted by atomic mass is 32.1. The quantitative estimate of drug-likeness (QED) is 0.475. The number of nitrogens with one attached hydrogen (secondary N) is 1. The Morgan fingerprint density at radius 2 is 1.98 bits per heavy atom. The Kier molecular flexibility index (Phi) is 7.75. The van der Waals surface area contributed by atoms with Gasteiger partial charge in [-0.15, -0.1) is 11.3 Å². The zero-order valence-corrected chi connectivity index (χ0v) is 22.8. The number of benzene rings is 1. The molecule has 2 aliphatic heterocycles. The van der Waals surface area contributed by atoms with Gasteiger partial charge in [0.05, 0.1) is 36.5 Å². The average Bonchev–Trinajstić information content (AvgIpc) is 3.35. The molecule has 1 N–H and O–H groups in total. The fraction of sp³-hybridized carbons (Fsp3) is 0.423. The fourth-order valence-corrected chi connectivity index (χ4v) is 5.31. The monoisotopic (exact) mass is 576 g/mol. The summed E-state index contributed by atoms with van der Waals surface area (Å²) in [6, 6.07) is 2.52. The predicted octanol–water partition coefficient (Wildman–Crippen LogP) is 3.47. The Morgan fingerprint density at radius 1 is 1.23 bits per heavy atom. The van der Waals surface area contributed by atoms with E-state index in [1.54, 1.807) is 30.2 Å². The lowest BCUT2D eigenvalue weighted by Crippen LogP contribution is -2.49. The van der Waals surface area contributed by atoms with Gasteiger partial charge in [0.15, 0.2) is 12.4 Å². The van der Waals surface area contributed by atoms with Crippen LogP contribution in [-0.4, -0.2) is 77.7 Å². The molecule has 2 amide bonds. The maximum absolute atomic E-state index is 13.4. The Bertz CT molecular complexity index is 1410. The van der Waals surface area contributed by atoms with Gasteiger partial charge >= 0.3 is 6.18 Å². The van der Waals surface area contributed by atoms with Crippen molar-refractivity contribution in [3.8, 4) is 16.3 Å². The van der Waals surface area contributed by atoms with Gasteiger partial charge in [-0.05, 0) is 33.0 Å². The molecule has 1 saturated heterocycles. The zero-order chi connectivity index (χ0) is 28.6. The topological polar surface area (TPSA) is 110 Å². The van der Waals surface area contributed by atoms with Gasteiger partial charge in [-0.3, -0.25) is 9.59 Å². The molecule has 0 saturated carbocycles. The van der Waals surface area contributed by atoms with E-state index in [4.69, 9.17) is 9.47 Å². The molecule has 1 unspecified atom stereocenters. The van der Waals surface area contributed by atoms with Gasteiger partial charge in [-0.2, -0.15) is 13.2 Å². The third-order valence-corrected chi connectivity index (χ3v) is 7.56. The number of fused-ring (bicyclic) bond motifs is 1. The Balaban J connectivity index is 1.47. The minimum absolute atomic E-state index is 0.163. The van der Waals surface area contributed by atoms with Gasteiger partial charge in [0.1, 0.15) is 5.01 Å². The van der Waals surface area contributed by atoms with Crippen LogP contribution in [0.25, 0.3) is 10.6 Å². The minimum atomic E-state index is -4.66. The molecule has 5 rings (SSSR count). The van der Waals surface area contributed by atoms with E-state index in [2.05, 4.69) is 25.2 Å². The van der Waals surface area contributed by atoms with E-state index in [1.165, 1.54) is 11.3 Å². The largest absolute Gasteiger partial charge is 0.481 e. The summed E-state index contributed by atoms with van der Waals surface area (Å²) in [7, 11) is 1.98. The number of carbonyl (C=O) groups excluding carboxylic acids is 2. The smallest absolute Gasteiger partial charge is 0.451 e. The summed E-state index contributed by atoms with van der Waals surface area (Å²) in [5, 5.41) is 3.40. The van der Waals surface area contributed by atoms with E-state index in [1.807, 2.05) is 14.0 Å². The van der Waals surface area contributed by atoms with Crippen LogP contribution in [0.15, 0.2) is 30.7 Å². The molecule has 40 heavy (non-hydrogen) atoms. The number of carbonyl (C=O) groups is 2. The molecular weight excluding hydrogens is 549 g/mol. The van der Waals surface area contributed by atoms with Crippen LogP contribution in [0.4, 0.5) is 18.9 Å². The lowest BCUT2D eigenvalue weighted by Gasteiger charge is -2.36. The van der Waals surface area contributed by atoms with Gasteiger partial charge in [-0.1, -0.05) is 0 Å². The van der Waals surface area contributed by atoms with Crippen LogP contribution < -0.4 is 15.0 Å². The van der Waals surface area contributed by atoms with Crippen molar-refractivity contribution < 1.29 is 32.2 Å². The maximum atomic E-state index is 13.4. The molecule has 3 aromatic rings. The number of nitrogens with zero attached hydrogens (tertiary/aromatic N) is 5. The van der Waals surface area contributed by atoms with Crippen molar-refractivity contribution in [3.05, 3.63) is 52.6 Å². The van der Waals surface area contributed by atoms with E-state index in [0.717, 1.165) is 23.8 Å². The SMILES string of the molecule is Cc1cnc(-c2cc(C(=O)N[C@H](C)c3cnc(C(F)(F)F)nc3)cc3c2OCC(=O)N3CC2CN(C)CCO2)s1. The average molecular weight is 577 g/mol. The van der Waals surface area contributed by atoms with Gasteiger partial charge in [0, 0.05) is 47.7 Å². The van der Waals surface area contributed by atoms with Crippen LogP contribution >= 0.6 is 11.3 Å². The van der Waals surface area contributed by atoms with E-state index >= 15 is 0 Å². The number of morpholine rings is 1. The molecule has 0 radical (unpaired) electrons. The molecule has 2 atom stereocenters. The van der Waals surface area contributed by atoms with E-state index in [9.17, 15) is 22.8 Å². The summed E-state index contributed by atoms with van der Waals surface area (Å²) in [5.74, 6) is -1.58. The normalized spacial score (nSPS) is 18.7. The molecule has 0 bridgehead atoms. The summed E-state index contributed by atoms with van der Waals surface area (Å²) >= 11 is 1.42. The third kappa shape index (κ3) is 5.93. The van der Waals surface area contributed by atoms with Gasteiger partial charge < -0.3 is 24.6 Å². The Hall–Kier alpha value is -3.62. The second-order valence-electron chi connectivity index (χ2n) is 9.73. The first-order valence-corrected chi connectivity index (χ1v) is 13.4. The molecular formula is C26H27F3N6O4S. The van der Waals surface area contributed by atoms with Crippen LogP contribution in [0.1, 0.15) is 39.6 Å². The molecule has 2 aromatic heterocycles. The fourth-order valence-electron chi connectivity index (χ4n) is 4.53. The first kappa shape index (κ1) is 27.9. The first-order valence-electron chi connectivity index (χ1n) is 12.5. The molecule has 1 fully saturated rings. The van der Waals surface area contributed by atoms with Crippen LogP contribution in [0.3, 0.4) is 0 Å². The zero-order valence-electron chi connectivity index (χ0n) is 22.0. The number of anilines is 1. The highest BCUT2D eigenvalue weighted by Crippen LogP contribution is 2.43.